The van der Waals surface area contributed by atoms with Crippen LogP contribution >= 0.6 is 11.3 Å². The number of rotatable bonds is 4. The van der Waals surface area contributed by atoms with Gasteiger partial charge in [0, 0.05) is 0 Å². The van der Waals surface area contributed by atoms with Crippen LogP contribution in [0.3, 0.4) is 0 Å². The molecule has 1 aromatic heterocycles. The van der Waals surface area contributed by atoms with Crippen molar-refractivity contribution in [3.8, 4) is 0 Å². The molecule has 0 aromatic carbocycles. The van der Waals surface area contributed by atoms with Crippen molar-refractivity contribution in [1.29, 1.82) is 0 Å². The number of carbonyl (C=O) groups is 1. The number of nitrogens with two attached hydrogens (primary N) is 1. The molecular weight excluding hydrogens is 249 g/mol. The number of aliphatic hydroxyl groups is 1. The van der Waals surface area contributed by atoms with E-state index < -0.39 is 23.2 Å². The maximum atomic E-state index is 12.1. The van der Waals surface area contributed by atoms with Gasteiger partial charge in [-0.25, -0.2) is 0 Å². The number of amides is 1. The Hall–Kier alpha value is -1.42. The molecule has 1 aromatic rings. The summed E-state index contributed by atoms with van der Waals surface area (Å²) in [6.45, 7) is -0.318. The number of hydrogen-bond acceptors (Lipinski definition) is 6. The van der Waals surface area contributed by atoms with E-state index in [-0.39, 0.29) is 23.0 Å². The van der Waals surface area contributed by atoms with Gasteiger partial charge >= 0.3 is 6.18 Å². The van der Waals surface area contributed by atoms with Gasteiger partial charge in [-0.15, -0.1) is 10.2 Å². The van der Waals surface area contributed by atoms with Gasteiger partial charge in [-0.2, -0.15) is 13.2 Å². The summed E-state index contributed by atoms with van der Waals surface area (Å²) in [7, 11) is 0. The number of hydrogen-bond donors (Lipinski definition) is 3. The summed E-state index contributed by atoms with van der Waals surface area (Å²) < 4.78 is 36.3. The van der Waals surface area contributed by atoms with Crippen molar-refractivity contribution in [3.05, 3.63) is 5.01 Å². The van der Waals surface area contributed by atoms with E-state index in [2.05, 4.69) is 15.5 Å². The third kappa shape index (κ3) is 3.31. The summed E-state index contributed by atoms with van der Waals surface area (Å²) in [5, 5.41) is 16.1. The van der Waals surface area contributed by atoms with E-state index in [1.165, 1.54) is 0 Å². The Kier molecular flexibility index (Phi) is 3.65. The van der Waals surface area contributed by atoms with E-state index >= 15 is 0 Å². The molecule has 1 unspecified atom stereocenters. The van der Waals surface area contributed by atoms with Gasteiger partial charge in [0.15, 0.2) is 0 Å². The molecule has 10 heteroatoms. The zero-order chi connectivity index (χ0) is 12.3. The molecular formula is C6H7F3N4O2S. The van der Waals surface area contributed by atoms with Crippen molar-refractivity contribution in [3.63, 3.8) is 0 Å². The first-order valence-corrected chi connectivity index (χ1v) is 4.74. The van der Waals surface area contributed by atoms with Crippen LogP contribution < -0.4 is 11.1 Å². The van der Waals surface area contributed by atoms with Crippen LogP contribution in [-0.4, -0.2) is 33.9 Å². The highest BCUT2D eigenvalue weighted by Crippen LogP contribution is 2.32. The average molecular weight is 256 g/mol. The first-order chi connectivity index (χ1) is 7.30. The fraction of sp³-hybridized carbons (Fsp3) is 0.500. The molecule has 1 rings (SSSR count). The molecule has 6 nitrogen and oxygen atoms in total. The lowest BCUT2D eigenvalue weighted by atomic mass is 10.3. The van der Waals surface area contributed by atoms with Crippen molar-refractivity contribution in [2.45, 2.75) is 12.3 Å². The second kappa shape index (κ2) is 4.61. The lowest BCUT2D eigenvalue weighted by Crippen LogP contribution is -2.34. The van der Waals surface area contributed by atoms with Crippen molar-refractivity contribution < 1.29 is 23.1 Å². The van der Waals surface area contributed by atoms with E-state index in [1.807, 2.05) is 0 Å². The molecule has 0 saturated carbocycles. The van der Waals surface area contributed by atoms with Crippen molar-refractivity contribution >= 4 is 22.4 Å². The van der Waals surface area contributed by atoms with Crippen LogP contribution in [0.4, 0.5) is 18.3 Å². The third-order valence-electron chi connectivity index (χ3n) is 1.44. The molecule has 0 saturated heterocycles. The summed E-state index contributed by atoms with van der Waals surface area (Å²) in [6.07, 6.45) is -6.04. The standard InChI is InChI=1S/C6H7F3N4O2S/c7-6(8,9)4-12-13-5(16-4)11-1-2(14)3(10)15/h2,14H,1H2,(H2,10,15)(H,11,13). The smallest absolute Gasteiger partial charge is 0.381 e. The molecule has 1 heterocycles. The number of nitrogens with one attached hydrogen (secondary N) is 1. The Balaban J connectivity index is 2.57. The second-order valence-electron chi connectivity index (χ2n) is 2.71. The van der Waals surface area contributed by atoms with Gasteiger partial charge in [0.2, 0.25) is 16.0 Å². The van der Waals surface area contributed by atoms with E-state index in [9.17, 15) is 18.0 Å². The third-order valence-corrected chi connectivity index (χ3v) is 2.37. The summed E-state index contributed by atoms with van der Waals surface area (Å²) in [6, 6.07) is 0. The Bertz CT molecular complexity index is 380. The van der Waals surface area contributed by atoms with Gasteiger partial charge < -0.3 is 16.2 Å². The number of aliphatic hydroxyl groups excluding tert-OH is 1. The van der Waals surface area contributed by atoms with Crippen molar-refractivity contribution in [2.24, 2.45) is 5.73 Å². The van der Waals surface area contributed by atoms with Crippen LogP contribution in [0.1, 0.15) is 5.01 Å². The summed E-state index contributed by atoms with van der Waals surface area (Å²) in [5.74, 6) is -0.979. The lowest BCUT2D eigenvalue weighted by Gasteiger charge is -2.05. The number of nitrogens with zero attached hydrogens (tertiary/aromatic N) is 2. The first-order valence-electron chi connectivity index (χ1n) is 3.92. The topological polar surface area (TPSA) is 101 Å². The van der Waals surface area contributed by atoms with Crippen LogP contribution in [0, 0.1) is 0 Å². The largest absolute Gasteiger partial charge is 0.445 e. The maximum absolute atomic E-state index is 12.1. The molecule has 4 N–H and O–H groups in total. The molecule has 0 fully saturated rings. The van der Waals surface area contributed by atoms with Crippen LogP contribution in [-0.2, 0) is 11.0 Å². The Morgan fingerprint density at radius 3 is 2.62 bits per heavy atom. The van der Waals surface area contributed by atoms with Gasteiger partial charge in [0.05, 0.1) is 6.54 Å². The molecule has 90 valence electrons. The number of halogens is 3. The normalized spacial score (nSPS) is 13.5. The molecule has 0 aliphatic rings. The van der Waals surface area contributed by atoms with E-state index in [0.29, 0.717) is 0 Å². The Labute approximate surface area is 91.3 Å². The fourth-order valence-electron chi connectivity index (χ4n) is 0.694. The lowest BCUT2D eigenvalue weighted by molar-refractivity contribution is -0.138. The number of carbonyl (C=O) groups excluding carboxylic acids is 1. The molecule has 0 aliphatic carbocycles. The van der Waals surface area contributed by atoms with Crippen LogP contribution in [0.2, 0.25) is 0 Å². The fourth-order valence-corrected chi connectivity index (χ4v) is 1.31. The molecule has 0 radical (unpaired) electrons. The second-order valence-corrected chi connectivity index (χ2v) is 3.69. The minimum absolute atomic E-state index is 0.146. The number of alkyl halides is 3. The monoisotopic (exact) mass is 256 g/mol. The molecule has 0 aliphatic heterocycles. The van der Waals surface area contributed by atoms with Gasteiger partial charge in [0.25, 0.3) is 0 Å². The minimum Gasteiger partial charge on any atom is -0.381 e. The predicted octanol–water partition coefficient (Wildman–Crippen LogP) is -0.185. The molecule has 0 bridgehead atoms. The van der Waals surface area contributed by atoms with Crippen LogP contribution in [0.5, 0.6) is 0 Å². The van der Waals surface area contributed by atoms with Crippen molar-refractivity contribution in [1.82, 2.24) is 10.2 Å². The quantitative estimate of drug-likeness (QED) is 0.693. The van der Waals surface area contributed by atoms with Crippen molar-refractivity contribution in [2.75, 3.05) is 11.9 Å². The zero-order valence-corrected chi connectivity index (χ0v) is 8.47. The minimum atomic E-state index is -4.56. The molecule has 16 heavy (non-hydrogen) atoms. The average Bonchev–Trinajstić information content (AvgIpc) is 2.61. The van der Waals surface area contributed by atoms with Gasteiger partial charge in [-0.05, 0) is 0 Å². The number of aromatic nitrogens is 2. The van der Waals surface area contributed by atoms with Gasteiger partial charge in [0.1, 0.15) is 6.10 Å². The van der Waals surface area contributed by atoms with Crippen LogP contribution in [0.25, 0.3) is 0 Å². The predicted molar refractivity (Wildman–Crippen MR) is 48.6 cm³/mol. The molecule has 1 atom stereocenters. The van der Waals surface area contributed by atoms with Crippen LogP contribution in [0.15, 0.2) is 0 Å². The highest BCUT2D eigenvalue weighted by molar-refractivity contribution is 7.15. The number of primary amides is 1. The zero-order valence-electron chi connectivity index (χ0n) is 7.65. The summed E-state index contributed by atoms with van der Waals surface area (Å²) >= 11 is 0.272. The Morgan fingerprint density at radius 1 is 1.56 bits per heavy atom. The molecule has 1 amide bonds. The van der Waals surface area contributed by atoms with E-state index in [4.69, 9.17) is 10.8 Å². The maximum Gasteiger partial charge on any atom is 0.445 e. The van der Waals surface area contributed by atoms with E-state index in [1.54, 1.807) is 0 Å². The highest BCUT2D eigenvalue weighted by atomic mass is 32.1. The van der Waals surface area contributed by atoms with E-state index in [0.717, 1.165) is 0 Å². The Morgan fingerprint density at radius 2 is 2.19 bits per heavy atom. The highest BCUT2D eigenvalue weighted by Gasteiger charge is 2.35. The first kappa shape index (κ1) is 12.6. The number of anilines is 1. The SMILES string of the molecule is NC(=O)C(O)CNc1nnc(C(F)(F)F)s1. The molecule has 0 spiro atoms. The van der Waals surface area contributed by atoms with Gasteiger partial charge in [-0.1, -0.05) is 11.3 Å². The summed E-state index contributed by atoms with van der Waals surface area (Å²) in [5.41, 5.74) is 4.73. The van der Waals surface area contributed by atoms with Gasteiger partial charge in [-0.3, -0.25) is 4.79 Å². The summed E-state index contributed by atoms with van der Waals surface area (Å²) in [4.78, 5) is 10.4.